The minimum Gasteiger partial charge on any atom is -0.461 e. The van der Waals surface area contributed by atoms with Crippen molar-refractivity contribution in [1.29, 1.82) is 0 Å². The molecule has 3 rings (SSSR count). The number of halogens is 1. The van der Waals surface area contributed by atoms with E-state index in [1.165, 1.54) is 26.0 Å². The molecular weight excluding hydrogens is 545 g/mol. The number of carbonyl (C=O) groups is 1. The minimum absolute atomic E-state index is 0.112. The molecule has 2 unspecified atom stereocenters. The average Bonchev–Trinajstić information content (AvgIpc) is 3.08. The Kier molecular flexibility index (Phi) is 9.54. The Hall–Kier alpha value is -2.98. The molecule has 0 bridgehead atoms. The van der Waals surface area contributed by atoms with Crippen molar-refractivity contribution in [3.8, 4) is 17.6 Å². The number of ether oxygens (including phenoxy) is 2. The first kappa shape index (κ1) is 29.6. The number of para-hydroxylation sites is 1. The van der Waals surface area contributed by atoms with Gasteiger partial charge in [-0.15, -0.1) is 5.92 Å². The first-order chi connectivity index (χ1) is 17.9. The van der Waals surface area contributed by atoms with Crippen LogP contribution in [-0.2, 0) is 27.9 Å². The number of rotatable bonds is 10. The van der Waals surface area contributed by atoms with Crippen LogP contribution >= 0.6 is 19.4 Å². The van der Waals surface area contributed by atoms with Crippen LogP contribution in [0.1, 0.15) is 33.9 Å². The van der Waals surface area contributed by atoms with Crippen LogP contribution in [0.4, 0.5) is 0 Å². The molecule has 2 heterocycles. The molecule has 2 aromatic rings. The van der Waals surface area contributed by atoms with Gasteiger partial charge in [0.15, 0.2) is 17.2 Å². The number of benzene rings is 1. The van der Waals surface area contributed by atoms with Gasteiger partial charge in [0.2, 0.25) is 0 Å². The predicted octanol–water partition coefficient (Wildman–Crippen LogP) is 1.75. The van der Waals surface area contributed by atoms with Gasteiger partial charge in [-0.25, -0.2) is 18.9 Å². The van der Waals surface area contributed by atoms with Gasteiger partial charge in [-0.3, -0.25) is 18.6 Å². The van der Waals surface area contributed by atoms with Gasteiger partial charge < -0.3 is 19.1 Å². The normalized spacial score (nSPS) is 25.2. The van der Waals surface area contributed by atoms with Crippen molar-refractivity contribution in [3.05, 3.63) is 57.6 Å². The predicted molar refractivity (Wildman–Crippen MR) is 133 cm³/mol. The molecule has 0 spiro atoms. The monoisotopic (exact) mass is 571 g/mol. The Morgan fingerprint density at radius 1 is 1.32 bits per heavy atom. The second kappa shape index (κ2) is 12.3. The second-order valence-electron chi connectivity index (χ2n) is 8.38. The summed E-state index contributed by atoms with van der Waals surface area (Å²) in [6.07, 6.45) is -5.24. The fourth-order valence-corrected chi connectivity index (χ4v) is 5.15. The molecule has 0 radical (unpaired) electrons. The summed E-state index contributed by atoms with van der Waals surface area (Å²) >= 11 is 6.61. The van der Waals surface area contributed by atoms with Crippen LogP contribution in [0.5, 0.6) is 5.75 Å². The number of H-pyrrole nitrogens is 1. The van der Waals surface area contributed by atoms with Crippen LogP contribution in [0, 0.1) is 11.8 Å². The molecular formula is C23H27ClN3O10P. The van der Waals surface area contributed by atoms with Crippen LogP contribution in [0.2, 0.25) is 0 Å². The molecule has 15 heteroatoms. The third-order valence-corrected chi connectivity index (χ3v) is 7.07. The van der Waals surface area contributed by atoms with Gasteiger partial charge in [0, 0.05) is 0 Å². The average molecular weight is 572 g/mol. The van der Waals surface area contributed by atoms with Gasteiger partial charge in [-0.05, 0) is 39.8 Å². The van der Waals surface area contributed by atoms with E-state index in [0.717, 1.165) is 10.9 Å². The number of alkyl halides is 1. The number of esters is 1. The Labute approximate surface area is 222 Å². The van der Waals surface area contributed by atoms with Crippen molar-refractivity contribution in [2.45, 2.75) is 63.2 Å². The van der Waals surface area contributed by atoms with Gasteiger partial charge in [0.25, 0.3) is 0 Å². The molecule has 1 aliphatic rings. The minimum atomic E-state index is -4.54. The van der Waals surface area contributed by atoms with Crippen molar-refractivity contribution in [2.24, 2.45) is 0 Å². The number of aromatic nitrogens is 3. The van der Waals surface area contributed by atoms with E-state index < -0.39 is 67.3 Å². The molecule has 0 saturated carbocycles. The number of aliphatic hydroxyl groups is 1. The molecule has 13 nitrogen and oxygen atoms in total. The lowest BCUT2D eigenvalue weighted by molar-refractivity contribution is -0.156. The third kappa shape index (κ3) is 6.91. The lowest BCUT2D eigenvalue weighted by Gasteiger charge is -2.25. The van der Waals surface area contributed by atoms with Crippen LogP contribution in [0.15, 0.2) is 46.2 Å². The van der Waals surface area contributed by atoms with Crippen LogP contribution < -0.4 is 15.9 Å². The lowest BCUT2D eigenvalue weighted by Crippen LogP contribution is -2.44. The van der Waals surface area contributed by atoms with Crippen LogP contribution in [-0.4, -0.2) is 61.5 Å². The van der Waals surface area contributed by atoms with E-state index in [9.17, 15) is 24.1 Å². The zero-order valence-corrected chi connectivity index (χ0v) is 22.5. The molecule has 2 N–H and O–H groups in total. The summed E-state index contributed by atoms with van der Waals surface area (Å²) in [7, 11) is -4.54. The maximum atomic E-state index is 13.6. The molecule has 1 aromatic carbocycles. The molecule has 1 saturated heterocycles. The number of hydrogen-bond donors (Lipinski definition) is 2. The summed E-state index contributed by atoms with van der Waals surface area (Å²) in [4.78, 5) is 39.6. The number of aromatic amines is 1. The van der Waals surface area contributed by atoms with Crippen molar-refractivity contribution in [3.63, 3.8) is 0 Å². The standard InChI is InChI=1S/C23H27ClN3O10P/c1-5-11-23(24)18(28)17(35-20(23)27-13-25-21(30)26-22(27)31)12-33-38(32,37-16-9-7-6-8-10-16)36-15(4)19(29)34-14(2)3/h6-10,13-15,17-18,20,28H,12H2,1-4H3,(H,26,30,31)/t15-,17+,18-,20+,23?,38?/m0/s1. The molecule has 0 amide bonds. The number of nitrogens with one attached hydrogen (secondary N) is 1. The van der Waals surface area contributed by atoms with E-state index in [1.54, 1.807) is 32.0 Å². The highest BCUT2D eigenvalue weighted by atomic mass is 35.5. The first-order valence-electron chi connectivity index (χ1n) is 11.4. The third-order valence-electron chi connectivity index (χ3n) is 5.09. The Balaban J connectivity index is 1.86. The largest absolute Gasteiger partial charge is 0.530 e. The maximum Gasteiger partial charge on any atom is 0.530 e. The second-order valence-corrected chi connectivity index (χ2v) is 10.6. The smallest absolute Gasteiger partial charge is 0.461 e. The van der Waals surface area contributed by atoms with Crippen molar-refractivity contribution < 1.29 is 37.5 Å². The van der Waals surface area contributed by atoms with Crippen molar-refractivity contribution >= 4 is 25.4 Å². The van der Waals surface area contributed by atoms with E-state index in [-0.39, 0.29) is 5.75 Å². The number of hydrogen-bond acceptors (Lipinski definition) is 11. The van der Waals surface area contributed by atoms with E-state index in [1.807, 2.05) is 4.98 Å². The molecule has 1 aromatic heterocycles. The zero-order valence-electron chi connectivity index (χ0n) is 20.9. The molecule has 38 heavy (non-hydrogen) atoms. The summed E-state index contributed by atoms with van der Waals surface area (Å²) in [5, 5.41) is 11.0. The van der Waals surface area contributed by atoms with Gasteiger partial charge >= 0.3 is 25.2 Å². The van der Waals surface area contributed by atoms with Crippen LogP contribution in [0.25, 0.3) is 0 Å². The van der Waals surface area contributed by atoms with E-state index in [2.05, 4.69) is 16.8 Å². The summed E-state index contributed by atoms with van der Waals surface area (Å²) in [6.45, 7) is 5.41. The maximum absolute atomic E-state index is 13.6. The number of phosphoric ester groups is 1. The first-order valence-corrected chi connectivity index (χ1v) is 13.2. The quantitative estimate of drug-likeness (QED) is 0.184. The van der Waals surface area contributed by atoms with Crippen LogP contribution in [0.3, 0.4) is 0 Å². The number of carbonyl (C=O) groups excluding carboxylic acids is 1. The van der Waals surface area contributed by atoms with E-state index >= 15 is 0 Å². The topological polar surface area (TPSA) is 168 Å². The highest BCUT2D eigenvalue weighted by Crippen LogP contribution is 2.52. The number of nitrogens with zero attached hydrogens (tertiary/aromatic N) is 2. The molecule has 1 aliphatic heterocycles. The van der Waals surface area contributed by atoms with Gasteiger partial charge in [-0.2, -0.15) is 4.98 Å². The number of aliphatic hydroxyl groups excluding tert-OH is 1. The van der Waals surface area contributed by atoms with Gasteiger partial charge in [-0.1, -0.05) is 35.7 Å². The fraction of sp³-hybridized carbons (Fsp3) is 0.478. The number of phosphoric acid groups is 1. The SMILES string of the molecule is CC#CC1(Cl)[C@@H](O)[C@@H](COP(=O)(Oc2ccccc2)O[C@@H](C)C(=O)OC(C)C)O[C@H]1n1cnc(=O)[nH]c1=O. The Morgan fingerprint density at radius 3 is 2.61 bits per heavy atom. The summed E-state index contributed by atoms with van der Waals surface area (Å²) < 4.78 is 41.6. The summed E-state index contributed by atoms with van der Waals surface area (Å²) in [5.74, 6) is 4.48. The Morgan fingerprint density at radius 2 is 2.00 bits per heavy atom. The molecule has 0 aliphatic carbocycles. The lowest BCUT2D eigenvalue weighted by atomic mass is 9.99. The summed E-state index contributed by atoms with van der Waals surface area (Å²) in [5.41, 5.74) is -1.81. The Bertz CT molecular complexity index is 1350. The van der Waals surface area contributed by atoms with Crippen molar-refractivity contribution in [2.75, 3.05) is 6.61 Å². The zero-order chi connectivity index (χ0) is 28.1. The van der Waals surface area contributed by atoms with E-state index in [4.69, 9.17) is 34.6 Å². The fourth-order valence-electron chi connectivity index (χ4n) is 3.42. The van der Waals surface area contributed by atoms with Crippen molar-refractivity contribution in [1.82, 2.24) is 14.5 Å². The highest BCUT2D eigenvalue weighted by molar-refractivity contribution is 7.49. The summed E-state index contributed by atoms with van der Waals surface area (Å²) in [6, 6.07) is 7.91. The molecule has 1 fully saturated rings. The van der Waals surface area contributed by atoms with Gasteiger partial charge in [0.1, 0.15) is 24.3 Å². The van der Waals surface area contributed by atoms with E-state index in [0.29, 0.717) is 0 Å². The highest BCUT2D eigenvalue weighted by Gasteiger charge is 2.56. The van der Waals surface area contributed by atoms with Gasteiger partial charge in [0.05, 0.1) is 12.7 Å². The molecule has 6 atom stereocenters. The molecule has 206 valence electrons.